The minimum absolute atomic E-state index is 0.599. The predicted octanol–water partition coefficient (Wildman–Crippen LogP) is 2.19. The maximum absolute atomic E-state index is 5.72. The van der Waals surface area contributed by atoms with Crippen molar-refractivity contribution in [2.75, 3.05) is 99.3 Å². The highest BCUT2D eigenvalue weighted by atomic mass is 16.6. The van der Waals surface area contributed by atoms with Gasteiger partial charge in [-0.2, -0.15) is 0 Å². The molecular formula is C21H46N2O5. The highest BCUT2D eigenvalue weighted by Gasteiger charge is 2.05. The molecule has 0 fully saturated rings. The number of nitrogens with zero attached hydrogens (tertiary/aromatic N) is 1. The average molecular weight is 407 g/mol. The predicted molar refractivity (Wildman–Crippen MR) is 114 cm³/mol. The van der Waals surface area contributed by atoms with Crippen LogP contribution >= 0.6 is 0 Å². The second-order valence-electron chi connectivity index (χ2n) is 6.65. The Balaban J connectivity index is 3.59. The van der Waals surface area contributed by atoms with Gasteiger partial charge in [0.25, 0.3) is 0 Å². The molecule has 0 amide bonds. The second kappa shape index (κ2) is 24.8. The van der Waals surface area contributed by atoms with E-state index in [9.17, 15) is 0 Å². The van der Waals surface area contributed by atoms with Gasteiger partial charge in [-0.3, -0.25) is 4.90 Å². The molecule has 0 aliphatic rings. The van der Waals surface area contributed by atoms with Crippen LogP contribution < -0.4 is 5.32 Å². The summed E-state index contributed by atoms with van der Waals surface area (Å²) in [6.45, 7) is 15.1. The molecule has 0 heterocycles. The summed E-state index contributed by atoms with van der Waals surface area (Å²) in [6, 6.07) is 0. The van der Waals surface area contributed by atoms with Crippen LogP contribution in [0.25, 0.3) is 0 Å². The normalized spacial score (nSPS) is 11.6. The van der Waals surface area contributed by atoms with E-state index in [4.69, 9.17) is 23.7 Å². The molecule has 1 N–H and O–H groups in total. The molecule has 0 saturated carbocycles. The van der Waals surface area contributed by atoms with Gasteiger partial charge < -0.3 is 29.0 Å². The lowest BCUT2D eigenvalue weighted by atomic mass is 10.3. The lowest BCUT2D eigenvalue weighted by molar-refractivity contribution is -0.00354. The largest absolute Gasteiger partial charge is 0.380 e. The van der Waals surface area contributed by atoms with Gasteiger partial charge in [0.1, 0.15) is 0 Å². The van der Waals surface area contributed by atoms with E-state index < -0.39 is 0 Å². The zero-order valence-corrected chi connectivity index (χ0v) is 18.7. The molecular weight excluding hydrogens is 360 g/mol. The van der Waals surface area contributed by atoms with Gasteiger partial charge in [-0.05, 0) is 46.3 Å². The number of nitrogens with one attached hydrogen (secondary N) is 1. The third-order valence-electron chi connectivity index (χ3n) is 4.22. The number of unbranched alkanes of at least 4 members (excludes halogenated alkanes) is 2. The van der Waals surface area contributed by atoms with Crippen molar-refractivity contribution in [3.63, 3.8) is 0 Å². The first-order chi connectivity index (χ1) is 13.8. The van der Waals surface area contributed by atoms with Gasteiger partial charge in [-0.1, -0.05) is 13.3 Å². The third-order valence-corrected chi connectivity index (χ3v) is 4.22. The van der Waals surface area contributed by atoms with Gasteiger partial charge in [0.2, 0.25) is 0 Å². The first-order valence-corrected chi connectivity index (χ1v) is 11.1. The molecule has 0 aromatic heterocycles. The summed E-state index contributed by atoms with van der Waals surface area (Å²) in [7, 11) is 2.00. The summed E-state index contributed by atoms with van der Waals surface area (Å²) < 4.78 is 27.5. The van der Waals surface area contributed by atoms with Gasteiger partial charge in [0.15, 0.2) is 0 Å². The Kier molecular flexibility index (Phi) is 24.5. The molecule has 0 rings (SSSR count). The fraction of sp³-hybridized carbons (Fsp3) is 1.00. The van der Waals surface area contributed by atoms with E-state index >= 15 is 0 Å². The van der Waals surface area contributed by atoms with Crippen molar-refractivity contribution in [3.8, 4) is 0 Å². The summed E-state index contributed by atoms with van der Waals surface area (Å²) in [5, 5.41) is 3.20. The minimum Gasteiger partial charge on any atom is -0.380 e. The quantitative estimate of drug-likeness (QED) is 0.247. The monoisotopic (exact) mass is 406 g/mol. The highest BCUT2D eigenvalue weighted by Crippen LogP contribution is 1.97. The second-order valence-corrected chi connectivity index (χ2v) is 6.65. The van der Waals surface area contributed by atoms with E-state index in [1.54, 1.807) is 0 Å². The SMILES string of the molecule is CCCCOCCN(CCCCNC)CCOCCOCCOCCOCC. The van der Waals surface area contributed by atoms with Crippen molar-refractivity contribution in [1.82, 2.24) is 10.2 Å². The topological polar surface area (TPSA) is 61.4 Å². The summed E-state index contributed by atoms with van der Waals surface area (Å²) in [5.74, 6) is 0. The summed E-state index contributed by atoms with van der Waals surface area (Å²) in [5.41, 5.74) is 0. The van der Waals surface area contributed by atoms with Crippen LogP contribution in [0, 0.1) is 0 Å². The van der Waals surface area contributed by atoms with Crippen LogP contribution in [0.5, 0.6) is 0 Å². The Hall–Kier alpha value is -0.280. The first-order valence-electron chi connectivity index (χ1n) is 11.1. The third kappa shape index (κ3) is 22.0. The Bertz CT molecular complexity index is 286. The highest BCUT2D eigenvalue weighted by molar-refractivity contribution is 4.58. The fourth-order valence-electron chi connectivity index (χ4n) is 2.51. The van der Waals surface area contributed by atoms with Gasteiger partial charge in [-0.25, -0.2) is 0 Å². The lowest BCUT2D eigenvalue weighted by Crippen LogP contribution is -2.32. The van der Waals surface area contributed by atoms with Gasteiger partial charge in [0.05, 0.1) is 52.9 Å². The number of ether oxygens (including phenoxy) is 5. The van der Waals surface area contributed by atoms with Crippen LogP contribution in [0.2, 0.25) is 0 Å². The molecule has 28 heavy (non-hydrogen) atoms. The van der Waals surface area contributed by atoms with Crippen molar-refractivity contribution in [2.45, 2.75) is 39.5 Å². The average Bonchev–Trinajstić information content (AvgIpc) is 2.71. The molecule has 7 heteroatoms. The van der Waals surface area contributed by atoms with Crippen LogP contribution in [0.1, 0.15) is 39.5 Å². The molecule has 0 atom stereocenters. The van der Waals surface area contributed by atoms with E-state index in [1.165, 1.54) is 19.3 Å². The molecule has 0 bridgehead atoms. The molecule has 0 aliphatic carbocycles. The summed E-state index contributed by atoms with van der Waals surface area (Å²) in [6.07, 6.45) is 4.72. The van der Waals surface area contributed by atoms with Crippen LogP contribution in [0.3, 0.4) is 0 Å². The Labute approximate surface area is 173 Å². The van der Waals surface area contributed by atoms with Crippen molar-refractivity contribution in [1.29, 1.82) is 0 Å². The molecule has 170 valence electrons. The van der Waals surface area contributed by atoms with E-state index in [0.29, 0.717) is 39.6 Å². The molecule has 0 unspecified atom stereocenters. The van der Waals surface area contributed by atoms with Gasteiger partial charge in [-0.15, -0.1) is 0 Å². The lowest BCUT2D eigenvalue weighted by Gasteiger charge is -2.22. The molecule has 0 aromatic carbocycles. The zero-order chi connectivity index (χ0) is 20.5. The van der Waals surface area contributed by atoms with Crippen LogP contribution in [-0.2, 0) is 23.7 Å². The Morgan fingerprint density at radius 2 is 1.11 bits per heavy atom. The summed E-state index contributed by atoms with van der Waals surface area (Å²) in [4.78, 5) is 2.44. The number of hydrogen-bond donors (Lipinski definition) is 1. The van der Waals surface area contributed by atoms with Crippen LogP contribution in [0.4, 0.5) is 0 Å². The Morgan fingerprint density at radius 1 is 0.571 bits per heavy atom. The van der Waals surface area contributed by atoms with E-state index in [2.05, 4.69) is 17.1 Å². The van der Waals surface area contributed by atoms with Crippen LogP contribution in [0.15, 0.2) is 0 Å². The maximum Gasteiger partial charge on any atom is 0.0701 e. The number of hydrogen-bond acceptors (Lipinski definition) is 7. The molecule has 0 spiro atoms. The minimum atomic E-state index is 0.599. The molecule has 0 aliphatic heterocycles. The fourth-order valence-corrected chi connectivity index (χ4v) is 2.51. The molecule has 7 nitrogen and oxygen atoms in total. The Morgan fingerprint density at radius 3 is 1.64 bits per heavy atom. The molecule has 0 saturated heterocycles. The van der Waals surface area contributed by atoms with Gasteiger partial charge >= 0.3 is 0 Å². The van der Waals surface area contributed by atoms with Crippen LogP contribution in [-0.4, -0.2) is 104 Å². The summed E-state index contributed by atoms with van der Waals surface area (Å²) >= 11 is 0. The smallest absolute Gasteiger partial charge is 0.0701 e. The number of rotatable bonds is 24. The van der Waals surface area contributed by atoms with E-state index in [0.717, 1.165) is 59.0 Å². The van der Waals surface area contributed by atoms with E-state index in [1.807, 2.05) is 14.0 Å². The molecule has 0 aromatic rings. The zero-order valence-electron chi connectivity index (χ0n) is 18.7. The standard InChI is InChI=1S/C21H46N2O5/c1-4-6-13-25-14-11-23(10-8-7-9-22-3)12-15-26-18-19-28-21-20-27-17-16-24-5-2/h22H,4-21H2,1-3H3. The van der Waals surface area contributed by atoms with E-state index in [-0.39, 0.29) is 0 Å². The molecule has 0 radical (unpaired) electrons. The van der Waals surface area contributed by atoms with Crippen molar-refractivity contribution in [3.05, 3.63) is 0 Å². The van der Waals surface area contributed by atoms with Crippen molar-refractivity contribution in [2.24, 2.45) is 0 Å². The maximum atomic E-state index is 5.72. The first kappa shape index (κ1) is 27.7. The van der Waals surface area contributed by atoms with Crippen molar-refractivity contribution >= 4 is 0 Å². The van der Waals surface area contributed by atoms with Crippen molar-refractivity contribution < 1.29 is 23.7 Å². The van der Waals surface area contributed by atoms with Gasteiger partial charge in [0, 0.05) is 26.3 Å².